The molecule has 22 heavy (non-hydrogen) atoms. The number of aliphatic imine (C=N–C) groups is 1. The largest absolute Gasteiger partial charge is 0.457 e. The molecule has 0 saturated heterocycles. The molecule has 2 aromatic rings. The number of para-hydroxylation sites is 1. The van der Waals surface area contributed by atoms with Crippen molar-refractivity contribution in [3.63, 3.8) is 0 Å². The van der Waals surface area contributed by atoms with E-state index in [2.05, 4.69) is 17.2 Å². The highest BCUT2D eigenvalue weighted by atomic mass is 127. The van der Waals surface area contributed by atoms with Gasteiger partial charge in [0.05, 0.1) is 0 Å². The first kappa shape index (κ1) is 18.3. The van der Waals surface area contributed by atoms with Crippen LogP contribution >= 0.6 is 24.0 Å². The van der Waals surface area contributed by atoms with E-state index >= 15 is 0 Å². The third-order valence-electron chi connectivity index (χ3n) is 2.88. The fraction of sp³-hybridized carbons (Fsp3) is 0.235. The number of rotatable bonds is 6. The Hall–Kier alpha value is -1.76. The number of hydrogen-bond acceptors (Lipinski definition) is 2. The van der Waals surface area contributed by atoms with Crippen molar-refractivity contribution in [3.05, 3.63) is 54.6 Å². The van der Waals surface area contributed by atoms with Gasteiger partial charge in [0.2, 0.25) is 0 Å². The molecule has 118 valence electrons. The Balaban J connectivity index is 0.00000242. The minimum Gasteiger partial charge on any atom is -0.457 e. The van der Waals surface area contributed by atoms with E-state index in [1.165, 1.54) is 0 Å². The molecule has 0 saturated carbocycles. The van der Waals surface area contributed by atoms with E-state index < -0.39 is 0 Å². The van der Waals surface area contributed by atoms with Crippen LogP contribution in [0.1, 0.15) is 19.8 Å². The van der Waals surface area contributed by atoms with Gasteiger partial charge in [-0.05, 0) is 30.7 Å². The van der Waals surface area contributed by atoms with Crippen molar-refractivity contribution in [1.82, 2.24) is 0 Å². The topological polar surface area (TPSA) is 59.6 Å². The first-order valence-electron chi connectivity index (χ1n) is 7.18. The van der Waals surface area contributed by atoms with E-state index in [4.69, 9.17) is 10.5 Å². The molecular weight excluding hydrogens is 389 g/mol. The predicted molar refractivity (Wildman–Crippen MR) is 103 cm³/mol. The maximum Gasteiger partial charge on any atom is 0.193 e. The Labute approximate surface area is 148 Å². The number of anilines is 1. The van der Waals surface area contributed by atoms with E-state index in [0.29, 0.717) is 5.96 Å². The van der Waals surface area contributed by atoms with E-state index in [0.717, 1.165) is 36.6 Å². The average molecular weight is 411 g/mol. The zero-order valence-electron chi connectivity index (χ0n) is 12.7. The molecule has 0 aromatic heterocycles. The zero-order chi connectivity index (χ0) is 14.9. The number of nitrogens with one attached hydrogen (secondary N) is 1. The lowest BCUT2D eigenvalue weighted by Gasteiger charge is -2.09. The number of ether oxygens (including phenoxy) is 1. The second kappa shape index (κ2) is 10.0. The first-order chi connectivity index (χ1) is 10.3. The van der Waals surface area contributed by atoms with Gasteiger partial charge in [-0.2, -0.15) is 0 Å². The van der Waals surface area contributed by atoms with Crippen LogP contribution in [0.15, 0.2) is 59.6 Å². The Kier molecular flexibility index (Phi) is 8.35. The van der Waals surface area contributed by atoms with Crippen molar-refractivity contribution >= 4 is 35.6 Å². The van der Waals surface area contributed by atoms with Crippen LogP contribution in [0.3, 0.4) is 0 Å². The van der Waals surface area contributed by atoms with Crippen LogP contribution in [-0.4, -0.2) is 12.5 Å². The highest BCUT2D eigenvalue weighted by Crippen LogP contribution is 2.23. The highest BCUT2D eigenvalue weighted by molar-refractivity contribution is 14.0. The molecule has 0 atom stereocenters. The summed E-state index contributed by atoms with van der Waals surface area (Å²) in [6.45, 7) is 2.87. The Morgan fingerprint density at radius 2 is 1.82 bits per heavy atom. The standard InChI is InChI=1S/C17H21N3O.HI/c1-2-3-12-19-17(18)20-14-8-7-11-16(13-14)21-15-9-5-4-6-10-15;/h4-11,13H,2-3,12H2,1H3,(H3,18,19,20);1H. The summed E-state index contributed by atoms with van der Waals surface area (Å²) in [4.78, 5) is 4.27. The minimum absolute atomic E-state index is 0. The number of benzene rings is 2. The molecule has 0 aliphatic carbocycles. The molecule has 5 heteroatoms. The molecule has 0 heterocycles. The molecule has 0 fully saturated rings. The normalized spacial score (nSPS) is 10.7. The molecule has 0 spiro atoms. The summed E-state index contributed by atoms with van der Waals surface area (Å²) in [6.07, 6.45) is 2.15. The maximum absolute atomic E-state index is 5.85. The van der Waals surface area contributed by atoms with Crippen molar-refractivity contribution in [2.75, 3.05) is 11.9 Å². The molecule has 2 rings (SSSR count). The van der Waals surface area contributed by atoms with Crippen molar-refractivity contribution in [3.8, 4) is 11.5 Å². The van der Waals surface area contributed by atoms with Crippen molar-refractivity contribution in [2.45, 2.75) is 19.8 Å². The molecule has 0 bridgehead atoms. The lowest BCUT2D eigenvalue weighted by Crippen LogP contribution is -2.22. The lowest BCUT2D eigenvalue weighted by molar-refractivity contribution is 0.483. The summed E-state index contributed by atoms with van der Waals surface area (Å²) in [5, 5.41) is 3.07. The van der Waals surface area contributed by atoms with Gasteiger partial charge in [0, 0.05) is 18.3 Å². The SMILES string of the molecule is CCCCN=C(N)Nc1cccc(Oc2ccccc2)c1.I. The summed E-state index contributed by atoms with van der Waals surface area (Å²) in [7, 11) is 0. The summed E-state index contributed by atoms with van der Waals surface area (Å²) in [5.41, 5.74) is 6.71. The average Bonchev–Trinajstić information content (AvgIpc) is 2.49. The number of hydrogen-bond donors (Lipinski definition) is 2. The van der Waals surface area contributed by atoms with Crippen LogP contribution in [0.2, 0.25) is 0 Å². The van der Waals surface area contributed by atoms with E-state index in [1.54, 1.807) is 0 Å². The van der Waals surface area contributed by atoms with Gasteiger partial charge in [0.15, 0.2) is 5.96 Å². The second-order valence-electron chi connectivity index (χ2n) is 4.69. The molecule has 0 radical (unpaired) electrons. The molecule has 0 aliphatic heterocycles. The van der Waals surface area contributed by atoms with Gasteiger partial charge in [0.1, 0.15) is 11.5 Å². The molecule has 4 nitrogen and oxygen atoms in total. The van der Waals surface area contributed by atoms with Gasteiger partial charge in [-0.3, -0.25) is 4.99 Å². The molecular formula is C17H22IN3O. The summed E-state index contributed by atoms with van der Waals surface area (Å²) in [5.74, 6) is 1.99. The maximum atomic E-state index is 5.85. The van der Waals surface area contributed by atoms with Crippen LogP contribution in [0.5, 0.6) is 11.5 Å². The predicted octanol–water partition coefficient (Wildman–Crippen LogP) is 4.62. The zero-order valence-corrected chi connectivity index (χ0v) is 15.0. The fourth-order valence-electron chi connectivity index (χ4n) is 1.81. The number of nitrogens with two attached hydrogens (primary N) is 1. The van der Waals surface area contributed by atoms with Crippen molar-refractivity contribution in [2.24, 2.45) is 10.7 Å². The smallest absolute Gasteiger partial charge is 0.193 e. The highest BCUT2D eigenvalue weighted by Gasteiger charge is 2.00. The number of halogens is 1. The third kappa shape index (κ3) is 6.34. The molecule has 0 amide bonds. The Bertz CT molecular complexity index is 587. The van der Waals surface area contributed by atoms with Crippen LogP contribution in [0.4, 0.5) is 5.69 Å². The Morgan fingerprint density at radius 3 is 2.55 bits per heavy atom. The van der Waals surface area contributed by atoms with Gasteiger partial charge in [0.25, 0.3) is 0 Å². The number of nitrogens with zero attached hydrogens (tertiary/aromatic N) is 1. The van der Waals surface area contributed by atoms with Gasteiger partial charge in [-0.25, -0.2) is 0 Å². The third-order valence-corrected chi connectivity index (χ3v) is 2.88. The molecule has 2 aromatic carbocycles. The summed E-state index contributed by atoms with van der Waals surface area (Å²) in [6, 6.07) is 17.3. The van der Waals surface area contributed by atoms with Crippen molar-refractivity contribution in [1.29, 1.82) is 0 Å². The summed E-state index contributed by atoms with van der Waals surface area (Å²) >= 11 is 0. The minimum atomic E-state index is 0. The quantitative estimate of drug-likeness (QED) is 0.316. The fourth-order valence-corrected chi connectivity index (χ4v) is 1.81. The van der Waals surface area contributed by atoms with Gasteiger partial charge < -0.3 is 15.8 Å². The monoisotopic (exact) mass is 411 g/mol. The van der Waals surface area contributed by atoms with Gasteiger partial charge in [-0.1, -0.05) is 37.6 Å². The Morgan fingerprint density at radius 1 is 1.09 bits per heavy atom. The summed E-state index contributed by atoms with van der Waals surface area (Å²) < 4.78 is 5.78. The lowest BCUT2D eigenvalue weighted by atomic mass is 10.3. The van der Waals surface area contributed by atoms with E-state index in [-0.39, 0.29) is 24.0 Å². The molecule has 0 aliphatic rings. The van der Waals surface area contributed by atoms with Gasteiger partial charge in [-0.15, -0.1) is 24.0 Å². The first-order valence-corrected chi connectivity index (χ1v) is 7.18. The van der Waals surface area contributed by atoms with Crippen LogP contribution in [0.25, 0.3) is 0 Å². The van der Waals surface area contributed by atoms with E-state index in [1.807, 2.05) is 54.6 Å². The van der Waals surface area contributed by atoms with E-state index in [9.17, 15) is 0 Å². The molecule has 3 N–H and O–H groups in total. The van der Waals surface area contributed by atoms with Crippen LogP contribution in [-0.2, 0) is 0 Å². The van der Waals surface area contributed by atoms with Crippen LogP contribution in [0, 0.1) is 0 Å². The van der Waals surface area contributed by atoms with Crippen LogP contribution < -0.4 is 15.8 Å². The van der Waals surface area contributed by atoms with Crippen molar-refractivity contribution < 1.29 is 4.74 Å². The molecule has 0 unspecified atom stereocenters. The second-order valence-corrected chi connectivity index (χ2v) is 4.69. The van der Waals surface area contributed by atoms with Gasteiger partial charge >= 0.3 is 0 Å². The number of guanidine groups is 1. The number of unbranched alkanes of at least 4 members (excludes halogenated alkanes) is 1.